The van der Waals surface area contributed by atoms with E-state index in [0.717, 1.165) is 16.2 Å². The number of benzene rings is 2. The fraction of sp³-hybridized carbons (Fsp3) is 0.222. The van der Waals surface area contributed by atoms with E-state index >= 15 is 0 Å². The summed E-state index contributed by atoms with van der Waals surface area (Å²) in [4.78, 5) is 24.7. The Bertz CT molecular complexity index is 700. The zero-order valence-corrected chi connectivity index (χ0v) is 14.4. The maximum atomic E-state index is 11.9. The Balaban J connectivity index is 1.78. The third-order valence-corrected chi connectivity index (χ3v) is 4.03. The summed E-state index contributed by atoms with van der Waals surface area (Å²) in [6, 6.07) is 14.4. The summed E-state index contributed by atoms with van der Waals surface area (Å²) in [7, 11) is 1.59. The van der Waals surface area contributed by atoms with Crippen molar-refractivity contribution in [3.05, 3.63) is 59.7 Å². The van der Waals surface area contributed by atoms with E-state index in [1.165, 1.54) is 0 Å². The van der Waals surface area contributed by atoms with Gasteiger partial charge in [0.1, 0.15) is 5.75 Å². The molecule has 0 aromatic heterocycles. The molecule has 1 amide bonds. The zero-order chi connectivity index (χ0) is 17.4. The van der Waals surface area contributed by atoms with Gasteiger partial charge in [-0.25, -0.2) is 4.79 Å². The van der Waals surface area contributed by atoms with Gasteiger partial charge < -0.3 is 14.8 Å². The molecule has 1 N–H and O–H groups in total. The van der Waals surface area contributed by atoms with Gasteiger partial charge in [0.25, 0.3) is 5.91 Å². The van der Waals surface area contributed by atoms with Crippen molar-refractivity contribution < 1.29 is 19.1 Å². The largest absolute Gasteiger partial charge is 0.497 e. The maximum Gasteiger partial charge on any atom is 0.338 e. The lowest BCUT2D eigenvalue weighted by molar-refractivity contribution is -0.124. The minimum atomic E-state index is -0.515. The average molecular weight is 345 g/mol. The first-order chi connectivity index (χ1) is 11.6. The molecule has 0 heterocycles. The first-order valence-corrected chi connectivity index (χ1v) is 8.55. The number of methoxy groups -OCH3 is 1. The van der Waals surface area contributed by atoms with Gasteiger partial charge in [-0.15, -0.1) is 11.8 Å². The van der Waals surface area contributed by atoms with Crippen LogP contribution < -0.4 is 10.1 Å². The van der Waals surface area contributed by atoms with E-state index in [1.807, 2.05) is 42.7 Å². The van der Waals surface area contributed by atoms with Crippen LogP contribution in [0.3, 0.4) is 0 Å². The average Bonchev–Trinajstić information content (AvgIpc) is 2.64. The van der Waals surface area contributed by atoms with Crippen LogP contribution in [0.2, 0.25) is 0 Å². The van der Waals surface area contributed by atoms with Crippen LogP contribution in [0.5, 0.6) is 5.75 Å². The summed E-state index contributed by atoms with van der Waals surface area (Å²) in [6.07, 6.45) is 1.96. The molecule has 0 saturated carbocycles. The fourth-order valence-corrected chi connectivity index (χ4v) is 2.38. The van der Waals surface area contributed by atoms with Gasteiger partial charge in [-0.1, -0.05) is 12.1 Å². The van der Waals surface area contributed by atoms with Crippen molar-refractivity contribution in [2.45, 2.75) is 11.4 Å². The lowest BCUT2D eigenvalue weighted by atomic mass is 10.2. The highest BCUT2D eigenvalue weighted by molar-refractivity contribution is 7.98. The topological polar surface area (TPSA) is 64.6 Å². The third kappa shape index (κ3) is 5.31. The predicted octanol–water partition coefficient (Wildman–Crippen LogP) is 2.89. The highest BCUT2D eigenvalue weighted by Gasteiger charge is 2.10. The van der Waals surface area contributed by atoms with Gasteiger partial charge in [-0.2, -0.15) is 0 Å². The standard InChI is InChI=1S/C18H19NO4S/c1-22-15-5-3-4-13(10-15)11-19-17(20)12-23-18(21)14-6-8-16(24-2)9-7-14/h3-10H,11-12H2,1-2H3,(H,19,20). The number of hydrogen-bond donors (Lipinski definition) is 1. The van der Waals surface area contributed by atoms with E-state index < -0.39 is 5.97 Å². The van der Waals surface area contributed by atoms with Gasteiger partial charge in [0, 0.05) is 11.4 Å². The van der Waals surface area contributed by atoms with E-state index in [-0.39, 0.29) is 12.5 Å². The van der Waals surface area contributed by atoms with Crippen molar-refractivity contribution in [1.82, 2.24) is 5.32 Å². The van der Waals surface area contributed by atoms with Crippen LogP contribution in [0, 0.1) is 0 Å². The molecule has 0 saturated heterocycles. The molecule has 2 aromatic rings. The van der Waals surface area contributed by atoms with Gasteiger partial charge in [-0.05, 0) is 48.2 Å². The number of carbonyl (C=O) groups excluding carboxylic acids is 2. The number of hydrogen-bond acceptors (Lipinski definition) is 5. The molecule has 2 rings (SSSR count). The Morgan fingerprint density at radius 1 is 1.12 bits per heavy atom. The molecule has 0 aliphatic heterocycles. The molecule has 0 bridgehead atoms. The van der Waals surface area contributed by atoms with Gasteiger partial charge in [0.05, 0.1) is 12.7 Å². The first kappa shape index (κ1) is 17.9. The minimum Gasteiger partial charge on any atom is -0.497 e. The molecule has 0 fully saturated rings. The number of carbonyl (C=O) groups is 2. The monoisotopic (exact) mass is 345 g/mol. The first-order valence-electron chi connectivity index (χ1n) is 7.33. The smallest absolute Gasteiger partial charge is 0.338 e. The molecule has 0 radical (unpaired) electrons. The molecule has 6 heteroatoms. The van der Waals surface area contributed by atoms with Crippen molar-refractivity contribution in [2.24, 2.45) is 0 Å². The number of nitrogens with one attached hydrogen (secondary N) is 1. The Labute approximate surface area is 145 Å². The summed E-state index contributed by atoms with van der Waals surface area (Å²) in [5.41, 5.74) is 1.33. The molecule has 2 aromatic carbocycles. The van der Waals surface area contributed by atoms with Gasteiger partial charge >= 0.3 is 5.97 Å². The van der Waals surface area contributed by atoms with E-state index in [9.17, 15) is 9.59 Å². The van der Waals surface area contributed by atoms with E-state index in [2.05, 4.69) is 5.32 Å². The second-order valence-electron chi connectivity index (χ2n) is 4.93. The minimum absolute atomic E-state index is 0.312. The molecule has 5 nitrogen and oxygen atoms in total. The second-order valence-corrected chi connectivity index (χ2v) is 5.81. The predicted molar refractivity (Wildman–Crippen MR) is 93.3 cm³/mol. The normalized spacial score (nSPS) is 10.1. The Hall–Kier alpha value is -2.47. The van der Waals surface area contributed by atoms with E-state index in [4.69, 9.17) is 9.47 Å². The van der Waals surface area contributed by atoms with Crippen LogP contribution in [-0.4, -0.2) is 31.8 Å². The summed E-state index contributed by atoms with van der Waals surface area (Å²) in [5.74, 6) is -0.145. The van der Waals surface area contributed by atoms with Crippen molar-refractivity contribution in [2.75, 3.05) is 20.0 Å². The van der Waals surface area contributed by atoms with Gasteiger partial charge in [0.15, 0.2) is 6.61 Å². The Morgan fingerprint density at radius 2 is 1.88 bits per heavy atom. The van der Waals surface area contributed by atoms with Crippen LogP contribution in [-0.2, 0) is 16.1 Å². The van der Waals surface area contributed by atoms with Crippen LogP contribution in [0.25, 0.3) is 0 Å². The lowest BCUT2D eigenvalue weighted by Gasteiger charge is -2.08. The molecule has 0 atom stereocenters. The number of amides is 1. The zero-order valence-electron chi connectivity index (χ0n) is 13.6. The van der Waals surface area contributed by atoms with Crippen LogP contribution in [0.1, 0.15) is 15.9 Å². The highest BCUT2D eigenvalue weighted by atomic mass is 32.2. The summed E-state index contributed by atoms with van der Waals surface area (Å²) >= 11 is 1.59. The van der Waals surface area contributed by atoms with Crippen LogP contribution in [0.4, 0.5) is 0 Å². The number of ether oxygens (including phenoxy) is 2. The Kier molecular flexibility index (Phi) is 6.69. The highest BCUT2D eigenvalue weighted by Crippen LogP contribution is 2.15. The molecule has 24 heavy (non-hydrogen) atoms. The van der Waals surface area contributed by atoms with Crippen LogP contribution in [0.15, 0.2) is 53.4 Å². The van der Waals surface area contributed by atoms with Crippen molar-refractivity contribution in [3.63, 3.8) is 0 Å². The molecule has 126 valence electrons. The third-order valence-electron chi connectivity index (χ3n) is 3.28. The summed E-state index contributed by atoms with van der Waals surface area (Å²) in [5, 5.41) is 2.70. The second kappa shape index (κ2) is 8.98. The number of thioether (sulfide) groups is 1. The Morgan fingerprint density at radius 3 is 2.54 bits per heavy atom. The van der Waals surface area contributed by atoms with Crippen molar-refractivity contribution in [3.8, 4) is 5.75 Å². The molecular weight excluding hydrogens is 326 g/mol. The summed E-state index contributed by atoms with van der Waals surface area (Å²) < 4.78 is 10.1. The van der Waals surface area contributed by atoms with E-state index in [0.29, 0.717) is 12.1 Å². The molecule has 0 unspecified atom stereocenters. The van der Waals surface area contributed by atoms with Crippen LogP contribution >= 0.6 is 11.8 Å². The van der Waals surface area contributed by atoms with Gasteiger partial charge in [0.2, 0.25) is 0 Å². The molecule has 0 aliphatic rings. The van der Waals surface area contributed by atoms with E-state index in [1.54, 1.807) is 31.0 Å². The molecular formula is C18H19NO4S. The maximum absolute atomic E-state index is 11.9. The van der Waals surface area contributed by atoms with Crippen molar-refractivity contribution in [1.29, 1.82) is 0 Å². The molecule has 0 aliphatic carbocycles. The van der Waals surface area contributed by atoms with Crippen molar-refractivity contribution >= 4 is 23.6 Å². The SMILES string of the molecule is COc1cccc(CNC(=O)COC(=O)c2ccc(SC)cc2)c1. The lowest BCUT2D eigenvalue weighted by Crippen LogP contribution is -2.28. The number of rotatable bonds is 7. The fourth-order valence-electron chi connectivity index (χ4n) is 1.98. The molecule has 0 spiro atoms. The van der Waals surface area contributed by atoms with Gasteiger partial charge in [-0.3, -0.25) is 4.79 Å². The number of esters is 1. The quantitative estimate of drug-likeness (QED) is 0.617. The summed E-state index contributed by atoms with van der Waals surface area (Å²) in [6.45, 7) is 0.0308.